The van der Waals surface area contributed by atoms with E-state index in [0.29, 0.717) is 19.1 Å². The first kappa shape index (κ1) is 14.4. The van der Waals surface area contributed by atoms with Crippen molar-refractivity contribution in [1.82, 2.24) is 5.32 Å². The molecule has 3 heteroatoms. The van der Waals surface area contributed by atoms with E-state index < -0.39 is 0 Å². The molecule has 0 bridgehead atoms. The van der Waals surface area contributed by atoms with E-state index >= 15 is 0 Å². The summed E-state index contributed by atoms with van der Waals surface area (Å²) < 4.78 is 0. The Bertz CT molecular complexity index is 413. The number of aliphatic hydroxyl groups is 1. The number of aliphatic hydroxyl groups excluding tert-OH is 1. The van der Waals surface area contributed by atoms with Gasteiger partial charge in [0.1, 0.15) is 0 Å². The molecule has 19 heavy (non-hydrogen) atoms. The summed E-state index contributed by atoms with van der Waals surface area (Å²) in [5.41, 5.74) is 2.71. The van der Waals surface area contributed by atoms with Gasteiger partial charge in [0.05, 0.1) is 6.10 Å². The monoisotopic (exact) mass is 262 g/mol. The average Bonchev–Trinajstić information content (AvgIpc) is 2.50. The summed E-state index contributed by atoms with van der Waals surface area (Å²) in [7, 11) is 0. The van der Waals surface area contributed by atoms with E-state index in [1.54, 1.807) is 0 Å². The van der Waals surface area contributed by atoms with Gasteiger partial charge in [-0.25, -0.2) is 0 Å². The Balaban J connectivity index is 2.34. The minimum absolute atomic E-state index is 0.116. The summed E-state index contributed by atoms with van der Waals surface area (Å²) in [4.78, 5) is 2.32. The van der Waals surface area contributed by atoms with Crippen molar-refractivity contribution in [3.8, 4) is 0 Å². The van der Waals surface area contributed by atoms with Crippen molar-refractivity contribution >= 4 is 5.69 Å². The lowest BCUT2D eigenvalue weighted by molar-refractivity contribution is 0.183. The number of benzene rings is 1. The molecule has 0 aromatic heterocycles. The van der Waals surface area contributed by atoms with E-state index in [0.717, 1.165) is 6.54 Å². The molecule has 0 aliphatic carbocycles. The lowest BCUT2D eigenvalue weighted by atomic mass is 9.85. The normalized spacial score (nSPS) is 25.2. The molecule has 106 valence electrons. The minimum Gasteiger partial charge on any atom is -0.390 e. The highest BCUT2D eigenvalue weighted by atomic mass is 16.3. The SMILES string of the molecule is CC1CN(c2ccccc2C(C)(C)C)CC(O)CN1. The van der Waals surface area contributed by atoms with E-state index in [4.69, 9.17) is 0 Å². The molecule has 0 radical (unpaired) electrons. The second-order valence-electron chi connectivity index (χ2n) is 6.64. The highest BCUT2D eigenvalue weighted by molar-refractivity contribution is 5.56. The molecule has 1 aliphatic heterocycles. The lowest BCUT2D eigenvalue weighted by Crippen LogP contribution is -2.36. The number of hydrogen-bond acceptors (Lipinski definition) is 3. The van der Waals surface area contributed by atoms with Crippen LogP contribution in [0.25, 0.3) is 0 Å². The van der Waals surface area contributed by atoms with E-state index in [2.05, 4.69) is 62.2 Å². The predicted molar refractivity (Wildman–Crippen MR) is 80.8 cm³/mol. The Morgan fingerprint density at radius 3 is 2.58 bits per heavy atom. The van der Waals surface area contributed by atoms with Crippen LogP contribution < -0.4 is 10.2 Å². The summed E-state index contributed by atoms with van der Waals surface area (Å²) in [5.74, 6) is 0. The zero-order valence-corrected chi connectivity index (χ0v) is 12.5. The fourth-order valence-corrected chi connectivity index (χ4v) is 2.71. The van der Waals surface area contributed by atoms with Crippen molar-refractivity contribution in [1.29, 1.82) is 0 Å². The molecule has 1 aromatic rings. The Labute approximate surface area is 116 Å². The molecule has 1 aromatic carbocycles. The van der Waals surface area contributed by atoms with E-state index in [1.165, 1.54) is 11.3 Å². The molecule has 1 heterocycles. The number of para-hydroxylation sites is 1. The fraction of sp³-hybridized carbons (Fsp3) is 0.625. The van der Waals surface area contributed by atoms with E-state index in [-0.39, 0.29) is 11.5 Å². The molecule has 3 nitrogen and oxygen atoms in total. The van der Waals surface area contributed by atoms with Crippen LogP contribution in [0.4, 0.5) is 5.69 Å². The van der Waals surface area contributed by atoms with Crippen LogP contribution in [0.3, 0.4) is 0 Å². The van der Waals surface area contributed by atoms with Crippen molar-refractivity contribution in [2.24, 2.45) is 0 Å². The molecular weight excluding hydrogens is 236 g/mol. The fourth-order valence-electron chi connectivity index (χ4n) is 2.71. The van der Waals surface area contributed by atoms with Crippen LogP contribution >= 0.6 is 0 Å². The standard InChI is InChI=1S/C16H26N2O/c1-12-10-18(11-13(19)9-17-12)15-8-6-5-7-14(15)16(2,3)4/h5-8,12-13,17,19H,9-11H2,1-4H3. The van der Waals surface area contributed by atoms with Crippen molar-refractivity contribution < 1.29 is 5.11 Å². The average molecular weight is 262 g/mol. The van der Waals surface area contributed by atoms with Crippen LogP contribution in [-0.4, -0.2) is 36.9 Å². The van der Waals surface area contributed by atoms with Crippen molar-refractivity contribution in [3.05, 3.63) is 29.8 Å². The maximum Gasteiger partial charge on any atom is 0.0839 e. The molecule has 0 spiro atoms. The third-order valence-corrected chi connectivity index (χ3v) is 3.68. The molecule has 0 saturated carbocycles. The van der Waals surface area contributed by atoms with Gasteiger partial charge in [-0.05, 0) is 24.0 Å². The second-order valence-corrected chi connectivity index (χ2v) is 6.64. The first-order valence-corrected chi connectivity index (χ1v) is 7.14. The van der Waals surface area contributed by atoms with Crippen LogP contribution in [0.1, 0.15) is 33.3 Å². The maximum absolute atomic E-state index is 10.0. The minimum atomic E-state index is -0.307. The van der Waals surface area contributed by atoms with Gasteiger partial charge in [0.15, 0.2) is 0 Å². The van der Waals surface area contributed by atoms with Gasteiger partial charge in [-0.15, -0.1) is 0 Å². The number of anilines is 1. The third kappa shape index (κ3) is 3.48. The molecule has 2 rings (SSSR count). The first-order valence-electron chi connectivity index (χ1n) is 7.14. The van der Waals surface area contributed by atoms with Crippen LogP contribution in [0, 0.1) is 0 Å². The van der Waals surface area contributed by atoms with Crippen LogP contribution in [-0.2, 0) is 5.41 Å². The Kier molecular flexibility index (Phi) is 4.16. The zero-order valence-electron chi connectivity index (χ0n) is 12.5. The van der Waals surface area contributed by atoms with Crippen LogP contribution in [0.15, 0.2) is 24.3 Å². The number of nitrogens with zero attached hydrogens (tertiary/aromatic N) is 1. The molecule has 1 fully saturated rings. The van der Waals surface area contributed by atoms with Gasteiger partial charge < -0.3 is 15.3 Å². The highest BCUT2D eigenvalue weighted by Crippen LogP contribution is 2.32. The number of hydrogen-bond donors (Lipinski definition) is 2. The van der Waals surface area contributed by atoms with Crippen molar-refractivity contribution in [3.63, 3.8) is 0 Å². The van der Waals surface area contributed by atoms with Crippen LogP contribution in [0.2, 0.25) is 0 Å². The molecule has 1 saturated heterocycles. The Morgan fingerprint density at radius 2 is 1.89 bits per heavy atom. The van der Waals surface area contributed by atoms with E-state index in [9.17, 15) is 5.11 Å². The molecule has 2 unspecified atom stereocenters. The Hall–Kier alpha value is -1.06. The van der Waals surface area contributed by atoms with E-state index in [1.807, 2.05) is 0 Å². The van der Waals surface area contributed by atoms with Crippen LogP contribution in [0.5, 0.6) is 0 Å². The molecule has 1 aliphatic rings. The second kappa shape index (κ2) is 5.51. The van der Waals surface area contributed by atoms with Gasteiger partial charge in [-0.1, -0.05) is 39.0 Å². The maximum atomic E-state index is 10.0. The van der Waals surface area contributed by atoms with Gasteiger partial charge in [0.2, 0.25) is 0 Å². The number of β-amino-alcohol motifs (C(OH)–C–C–N with tert-alkyl or cyclic N) is 1. The van der Waals surface area contributed by atoms with Gasteiger partial charge in [0, 0.05) is 31.4 Å². The van der Waals surface area contributed by atoms with Gasteiger partial charge in [-0.2, -0.15) is 0 Å². The third-order valence-electron chi connectivity index (χ3n) is 3.68. The highest BCUT2D eigenvalue weighted by Gasteiger charge is 2.25. The summed E-state index contributed by atoms with van der Waals surface area (Å²) in [5, 5.41) is 13.4. The zero-order chi connectivity index (χ0) is 14.0. The van der Waals surface area contributed by atoms with Gasteiger partial charge in [0.25, 0.3) is 0 Å². The summed E-state index contributed by atoms with van der Waals surface area (Å²) >= 11 is 0. The lowest BCUT2D eigenvalue weighted by Gasteiger charge is -2.32. The van der Waals surface area contributed by atoms with Crippen molar-refractivity contribution in [2.75, 3.05) is 24.5 Å². The first-order chi connectivity index (χ1) is 8.88. The largest absolute Gasteiger partial charge is 0.390 e. The smallest absolute Gasteiger partial charge is 0.0839 e. The predicted octanol–water partition coefficient (Wildman–Crippen LogP) is 2.14. The van der Waals surface area contributed by atoms with Gasteiger partial charge >= 0.3 is 0 Å². The number of rotatable bonds is 1. The summed E-state index contributed by atoms with van der Waals surface area (Å²) in [6.07, 6.45) is -0.307. The topological polar surface area (TPSA) is 35.5 Å². The number of nitrogens with one attached hydrogen (secondary N) is 1. The summed E-state index contributed by atoms with van der Waals surface area (Å²) in [6, 6.07) is 8.95. The molecule has 2 atom stereocenters. The molecule has 0 amide bonds. The molecular formula is C16H26N2O. The molecule has 2 N–H and O–H groups in total. The quantitative estimate of drug-likeness (QED) is 0.814. The van der Waals surface area contributed by atoms with Gasteiger partial charge in [-0.3, -0.25) is 0 Å². The Morgan fingerprint density at radius 1 is 1.21 bits per heavy atom. The van der Waals surface area contributed by atoms with Crippen molar-refractivity contribution in [2.45, 2.75) is 45.3 Å². The summed E-state index contributed by atoms with van der Waals surface area (Å²) in [6.45, 7) is 11.2.